The summed E-state index contributed by atoms with van der Waals surface area (Å²) in [7, 11) is 0. The van der Waals surface area contributed by atoms with Crippen molar-refractivity contribution in [2.24, 2.45) is 11.7 Å². The van der Waals surface area contributed by atoms with Crippen molar-refractivity contribution in [1.29, 1.82) is 0 Å². The number of nitrogens with one attached hydrogen (secondary N) is 1. The standard InChI is InChI=1S/C22H25N5O.2C2HF3O2/c23-13-17-2-1-11-27(15-17)14-16-3-5-19(6-4-16)22-25-20(12-21(28)26-22)18-7-9-24-10-8-18;2*3-2(4,5)1(6)7/h3-10,12,17H,1-2,11,13-15,23H2,(H,25,26,28);2*(H,6,7). The molecule has 1 aliphatic rings. The number of carboxylic acid groups (broad SMARTS) is 2. The number of carbonyl (C=O) groups is 2. The lowest BCUT2D eigenvalue weighted by atomic mass is 9.98. The highest BCUT2D eigenvalue weighted by Gasteiger charge is 2.38. The molecule has 10 nitrogen and oxygen atoms in total. The second kappa shape index (κ2) is 15.1. The third-order valence-electron chi connectivity index (χ3n) is 5.77. The van der Waals surface area contributed by atoms with Gasteiger partial charge in [-0.05, 0) is 49.5 Å². The van der Waals surface area contributed by atoms with E-state index in [1.165, 1.54) is 24.5 Å². The zero-order valence-corrected chi connectivity index (χ0v) is 21.8. The van der Waals surface area contributed by atoms with Gasteiger partial charge in [0.25, 0.3) is 5.56 Å². The van der Waals surface area contributed by atoms with Crippen molar-refractivity contribution in [2.45, 2.75) is 31.7 Å². The first-order chi connectivity index (χ1) is 19.6. The molecule has 1 aromatic carbocycles. The summed E-state index contributed by atoms with van der Waals surface area (Å²) in [6, 6.07) is 13.5. The Labute approximate surface area is 234 Å². The number of H-pyrrole nitrogens is 1. The molecule has 5 N–H and O–H groups in total. The summed E-state index contributed by atoms with van der Waals surface area (Å²) in [4.78, 5) is 43.9. The minimum Gasteiger partial charge on any atom is -0.475 e. The molecular weight excluding hydrogens is 576 g/mol. The van der Waals surface area contributed by atoms with Gasteiger partial charge in [-0.2, -0.15) is 26.3 Å². The van der Waals surface area contributed by atoms with E-state index in [9.17, 15) is 31.1 Å². The van der Waals surface area contributed by atoms with Crippen LogP contribution in [0.25, 0.3) is 22.6 Å². The molecule has 1 aliphatic heterocycles. The SMILES string of the molecule is NCC1CCCN(Cc2ccc(-c3nc(-c4ccncc4)cc(=O)[nH]3)cc2)C1.O=C(O)C(F)(F)F.O=C(O)C(F)(F)F. The minimum atomic E-state index is -5.08. The van der Waals surface area contributed by atoms with E-state index in [1.807, 2.05) is 24.3 Å². The van der Waals surface area contributed by atoms with Gasteiger partial charge >= 0.3 is 24.3 Å². The van der Waals surface area contributed by atoms with Crippen LogP contribution in [0.3, 0.4) is 0 Å². The molecule has 0 radical (unpaired) electrons. The van der Waals surface area contributed by atoms with Gasteiger partial charge in [-0.3, -0.25) is 14.7 Å². The van der Waals surface area contributed by atoms with Crippen LogP contribution >= 0.6 is 0 Å². The number of aliphatic carboxylic acids is 2. The third kappa shape index (κ3) is 11.3. The summed E-state index contributed by atoms with van der Waals surface area (Å²) in [6.07, 6.45) is -4.32. The molecule has 2 aromatic heterocycles. The van der Waals surface area contributed by atoms with E-state index in [0.29, 0.717) is 17.4 Å². The Balaban J connectivity index is 0.000000367. The Kier molecular flexibility index (Phi) is 12.2. The number of hydrogen-bond donors (Lipinski definition) is 4. The van der Waals surface area contributed by atoms with Gasteiger partial charge in [0.2, 0.25) is 0 Å². The van der Waals surface area contributed by atoms with Gasteiger partial charge in [-0.1, -0.05) is 24.3 Å². The molecule has 0 bridgehead atoms. The second-order valence-electron chi connectivity index (χ2n) is 9.00. The highest BCUT2D eigenvalue weighted by atomic mass is 19.4. The average Bonchev–Trinajstić information content (AvgIpc) is 2.93. The van der Waals surface area contributed by atoms with Gasteiger partial charge in [0.1, 0.15) is 5.82 Å². The molecule has 228 valence electrons. The molecule has 16 heteroatoms. The van der Waals surface area contributed by atoms with Crippen molar-refractivity contribution in [3.63, 3.8) is 0 Å². The number of hydrogen-bond acceptors (Lipinski definition) is 7. The van der Waals surface area contributed by atoms with E-state index in [2.05, 4.69) is 32.0 Å². The zero-order valence-electron chi connectivity index (χ0n) is 21.8. The molecule has 3 aromatic rings. The Morgan fingerprint density at radius 2 is 1.50 bits per heavy atom. The molecule has 1 unspecified atom stereocenters. The Hall–Kier alpha value is -4.31. The van der Waals surface area contributed by atoms with E-state index in [-0.39, 0.29) is 5.56 Å². The van der Waals surface area contributed by atoms with E-state index in [4.69, 9.17) is 25.5 Å². The first-order valence-corrected chi connectivity index (χ1v) is 12.2. The van der Waals surface area contributed by atoms with Crippen LogP contribution in [-0.4, -0.2) is 74.0 Å². The fourth-order valence-corrected chi connectivity index (χ4v) is 3.78. The predicted molar refractivity (Wildman–Crippen MR) is 138 cm³/mol. The zero-order chi connectivity index (χ0) is 31.5. The van der Waals surface area contributed by atoms with Crippen molar-refractivity contribution in [3.05, 3.63) is 70.8 Å². The summed E-state index contributed by atoms with van der Waals surface area (Å²) < 4.78 is 63.5. The summed E-state index contributed by atoms with van der Waals surface area (Å²) in [5.74, 6) is -4.33. The molecule has 42 heavy (non-hydrogen) atoms. The van der Waals surface area contributed by atoms with E-state index >= 15 is 0 Å². The van der Waals surface area contributed by atoms with E-state index < -0.39 is 24.3 Å². The number of aromatic amines is 1. The van der Waals surface area contributed by atoms with Crippen molar-refractivity contribution in [1.82, 2.24) is 19.9 Å². The molecule has 0 aliphatic carbocycles. The highest BCUT2D eigenvalue weighted by molar-refractivity contribution is 5.73. The molecule has 3 heterocycles. The van der Waals surface area contributed by atoms with Gasteiger partial charge in [0.05, 0.1) is 5.69 Å². The average molecular weight is 604 g/mol. The van der Waals surface area contributed by atoms with Crippen molar-refractivity contribution >= 4 is 11.9 Å². The van der Waals surface area contributed by atoms with Crippen LogP contribution in [0, 0.1) is 5.92 Å². The minimum absolute atomic E-state index is 0.165. The van der Waals surface area contributed by atoms with Gasteiger partial charge < -0.3 is 20.9 Å². The van der Waals surface area contributed by atoms with Crippen LogP contribution in [0.5, 0.6) is 0 Å². The maximum atomic E-state index is 12.1. The van der Waals surface area contributed by atoms with Crippen LogP contribution in [-0.2, 0) is 16.1 Å². The van der Waals surface area contributed by atoms with Crippen molar-refractivity contribution in [3.8, 4) is 22.6 Å². The summed E-state index contributed by atoms with van der Waals surface area (Å²) in [5, 5.41) is 14.2. The number of pyridine rings is 1. The number of carboxylic acids is 2. The number of nitrogens with two attached hydrogens (primary N) is 1. The number of piperidine rings is 1. The fraction of sp³-hybridized carbons (Fsp3) is 0.346. The molecular formula is C26H27F6N5O5. The molecule has 0 saturated carbocycles. The van der Waals surface area contributed by atoms with Crippen LogP contribution in [0.4, 0.5) is 26.3 Å². The molecule has 0 spiro atoms. The largest absolute Gasteiger partial charge is 0.490 e. The lowest BCUT2D eigenvalue weighted by Crippen LogP contribution is -2.37. The molecule has 1 atom stereocenters. The number of halogens is 6. The van der Waals surface area contributed by atoms with Gasteiger partial charge in [-0.15, -0.1) is 0 Å². The monoisotopic (exact) mass is 603 g/mol. The van der Waals surface area contributed by atoms with Gasteiger partial charge in [0, 0.05) is 42.7 Å². The summed E-state index contributed by atoms with van der Waals surface area (Å²) >= 11 is 0. The quantitative estimate of drug-likeness (QED) is 0.317. The fourth-order valence-electron chi connectivity index (χ4n) is 3.78. The number of rotatable bonds is 5. The number of alkyl halides is 6. The number of nitrogens with zero attached hydrogens (tertiary/aromatic N) is 3. The summed E-state index contributed by atoms with van der Waals surface area (Å²) in [6.45, 7) is 3.89. The molecule has 1 fully saturated rings. The van der Waals surface area contributed by atoms with Crippen molar-refractivity contribution in [2.75, 3.05) is 19.6 Å². The number of benzene rings is 1. The lowest BCUT2D eigenvalue weighted by molar-refractivity contribution is -0.193. The summed E-state index contributed by atoms with van der Waals surface area (Å²) in [5.41, 5.74) is 9.35. The van der Waals surface area contributed by atoms with Crippen LogP contribution in [0.15, 0.2) is 59.7 Å². The third-order valence-corrected chi connectivity index (χ3v) is 5.77. The normalized spacial score (nSPS) is 15.5. The van der Waals surface area contributed by atoms with Crippen molar-refractivity contribution < 1.29 is 46.1 Å². The number of aromatic nitrogens is 3. The highest BCUT2D eigenvalue weighted by Crippen LogP contribution is 2.22. The first kappa shape index (κ1) is 33.9. The first-order valence-electron chi connectivity index (χ1n) is 12.2. The van der Waals surface area contributed by atoms with E-state index in [1.54, 1.807) is 12.4 Å². The lowest BCUT2D eigenvalue weighted by Gasteiger charge is -2.32. The molecule has 0 amide bonds. The Bertz CT molecular complexity index is 1340. The molecule has 1 saturated heterocycles. The van der Waals surface area contributed by atoms with Crippen LogP contribution in [0.1, 0.15) is 18.4 Å². The number of likely N-dealkylation sites (tertiary alicyclic amines) is 1. The van der Waals surface area contributed by atoms with Crippen LogP contribution < -0.4 is 11.3 Å². The van der Waals surface area contributed by atoms with Crippen LogP contribution in [0.2, 0.25) is 0 Å². The Morgan fingerprint density at radius 3 is 2.00 bits per heavy atom. The maximum Gasteiger partial charge on any atom is 0.490 e. The van der Waals surface area contributed by atoms with Gasteiger partial charge in [0.15, 0.2) is 0 Å². The van der Waals surface area contributed by atoms with Gasteiger partial charge in [-0.25, -0.2) is 14.6 Å². The molecule has 4 rings (SSSR count). The smallest absolute Gasteiger partial charge is 0.475 e. The predicted octanol–water partition coefficient (Wildman–Crippen LogP) is 3.94. The Morgan fingerprint density at radius 1 is 0.952 bits per heavy atom. The second-order valence-corrected chi connectivity index (χ2v) is 9.00. The topological polar surface area (TPSA) is 162 Å². The van der Waals surface area contributed by atoms with E-state index in [0.717, 1.165) is 37.3 Å². The maximum absolute atomic E-state index is 12.1.